The molecule has 0 spiro atoms. The Kier molecular flexibility index (Phi) is 3.71. The van der Waals surface area contributed by atoms with E-state index in [4.69, 9.17) is 10.5 Å². The standard InChI is InChI=1S/C6H11NO2/c1-3-4-5(9-2)6(7)8/h3,5H,1,4H2,2H3,(H2,7,8). The summed E-state index contributed by atoms with van der Waals surface area (Å²) in [5, 5.41) is 0. The van der Waals surface area contributed by atoms with Crippen LogP contribution < -0.4 is 5.73 Å². The Balaban J connectivity index is 3.67. The van der Waals surface area contributed by atoms with Crippen molar-refractivity contribution in [2.24, 2.45) is 5.73 Å². The van der Waals surface area contributed by atoms with E-state index in [2.05, 4.69) is 6.58 Å². The molecule has 0 heterocycles. The van der Waals surface area contributed by atoms with Gasteiger partial charge in [-0.3, -0.25) is 4.79 Å². The Morgan fingerprint density at radius 3 is 2.67 bits per heavy atom. The van der Waals surface area contributed by atoms with E-state index < -0.39 is 12.0 Å². The highest BCUT2D eigenvalue weighted by Gasteiger charge is 2.10. The maximum absolute atomic E-state index is 10.4. The molecule has 0 saturated heterocycles. The lowest BCUT2D eigenvalue weighted by molar-refractivity contribution is -0.127. The lowest BCUT2D eigenvalue weighted by Gasteiger charge is -2.06. The van der Waals surface area contributed by atoms with E-state index >= 15 is 0 Å². The quantitative estimate of drug-likeness (QED) is 0.546. The van der Waals surface area contributed by atoms with E-state index in [0.717, 1.165) is 0 Å². The second-order valence-corrected chi connectivity index (χ2v) is 1.65. The molecule has 2 N–H and O–H groups in total. The number of carbonyl (C=O) groups excluding carboxylic acids is 1. The molecule has 52 valence electrons. The number of amides is 1. The summed E-state index contributed by atoms with van der Waals surface area (Å²) in [6.07, 6.45) is 1.56. The highest BCUT2D eigenvalue weighted by molar-refractivity contribution is 5.78. The number of rotatable bonds is 4. The average Bonchev–Trinajstić information content (AvgIpc) is 1.82. The largest absolute Gasteiger partial charge is 0.371 e. The van der Waals surface area contributed by atoms with Crippen LogP contribution in [0.4, 0.5) is 0 Å². The normalized spacial score (nSPS) is 12.6. The van der Waals surface area contributed by atoms with Crippen LogP contribution in [0.3, 0.4) is 0 Å². The zero-order chi connectivity index (χ0) is 7.28. The molecule has 0 saturated carbocycles. The first-order valence-electron chi connectivity index (χ1n) is 2.65. The first kappa shape index (κ1) is 8.17. The SMILES string of the molecule is C=CCC(OC)C(N)=O. The molecule has 9 heavy (non-hydrogen) atoms. The Bertz CT molecular complexity index is 112. The summed E-state index contributed by atoms with van der Waals surface area (Å²) >= 11 is 0. The third kappa shape index (κ3) is 2.87. The fourth-order valence-corrected chi connectivity index (χ4v) is 0.480. The van der Waals surface area contributed by atoms with Crippen LogP contribution in [-0.4, -0.2) is 19.1 Å². The molecule has 0 aromatic rings. The summed E-state index contributed by atoms with van der Waals surface area (Å²) in [5.74, 6) is -0.447. The number of primary amides is 1. The van der Waals surface area contributed by atoms with Gasteiger partial charge in [-0.1, -0.05) is 6.08 Å². The van der Waals surface area contributed by atoms with Crippen LogP contribution >= 0.6 is 0 Å². The van der Waals surface area contributed by atoms with Crippen molar-refractivity contribution >= 4 is 5.91 Å². The molecular weight excluding hydrogens is 118 g/mol. The minimum Gasteiger partial charge on any atom is -0.371 e. The van der Waals surface area contributed by atoms with E-state index in [1.165, 1.54) is 7.11 Å². The Hall–Kier alpha value is -0.830. The summed E-state index contributed by atoms with van der Waals surface area (Å²) < 4.78 is 4.71. The van der Waals surface area contributed by atoms with Crippen LogP contribution in [0.2, 0.25) is 0 Å². The fourth-order valence-electron chi connectivity index (χ4n) is 0.480. The van der Waals surface area contributed by atoms with Crippen molar-refractivity contribution in [2.75, 3.05) is 7.11 Å². The molecule has 0 radical (unpaired) electrons. The van der Waals surface area contributed by atoms with Crippen LogP contribution in [0.5, 0.6) is 0 Å². The van der Waals surface area contributed by atoms with E-state index in [-0.39, 0.29) is 0 Å². The van der Waals surface area contributed by atoms with E-state index in [9.17, 15) is 4.79 Å². The molecule has 0 aliphatic carbocycles. The summed E-state index contributed by atoms with van der Waals surface area (Å²) in [7, 11) is 1.44. The molecule has 1 atom stereocenters. The predicted molar refractivity (Wildman–Crippen MR) is 34.8 cm³/mol. The van der Waals surface area contributed by atoms with Crippen molar-refractivity contribution in [1.82, 2.24) is 0 Å². The van der Waals surface area contributed by atoms with Gasteiger partial charge in [-0.25, -0.2) is 0 Å². The first-order valence-corrected chi connectivity index (χ1v) is 2.65. The van der Waals surface area contributed by atoms with Gasteiger partial charge in [-0.2, -0.15) is 0 Å². The molecule has 3 heteroatoms. The van der Waals surface area contributed by atoms with Crippen LogP contribution in [0.1, 0.15) is 6.42 Å². The van der Waals surface area contributed by atoms with Crippen molar-refractivity contribution in [1.29, 1.82) is 0 Å². The second kappa shape index (κ2) is 4.09. The summed E-state index contributed by atoms with van der Waals surface area (Å²) in [5.41, 5.74) is 4.92. The number of hydrogen-bond donors (Lipinski definition) is 1. The van der Waals surface area contributed by atoms with Gasteiger partial charge in [0.1, 0.15) is 6.10 Å². The number of methoxy groups -OCH3 is 1. The molecule has 0 bridgehead atoms. The first-order chi connectivity index (χ1) is 4.22. The number of ether oxygens (including phenoxy) is 1. The Labute approximate surface area is 54.5 Å². The van der Waals surface area contributed by atoms with Gasteiger partial charge in [0.05, 0.1) is 0 Å². The van der Waals surface area contributed by atoms with Crippen LogP contribution in [-0.2, 0) is 9.53 Å². The van der Waals surface area contributed by atoms with Gasteiger partial charge in [0.25, 0.3) is 0 Å². The Morgan fingerprint density at radius 2 is 2.56 bits per heavy atom. The Morgan fingerprint density at radius 1 is 2.00 bits per heavy atom. The monoisotopic (exact) mass is 129 g/mol. The summed E-state index contributed by atoms with van der Waals surface area (Å²) in [4.78, 5) is 10.4. The van der Waals surface area contributed by atoms with E-state index in [1.807, 2.05) is 0 Å². The zero-order valence-electron chi connectivity index (χ0n) is 5.46. The number of carbonyl (C=O) groups is 1. The van der Waals surface area contributed by atoms with Crippen LogP contribution in [0, 0.1) is 0 Å². The molecule has 1 unspecified atom stereocenters. The lowest BCUT2D eigenvalue weighted by atomic mass is 10.2. The van der Waals surface area contributed by atoms with E-state index in [1.54, 1.807) is 6.08 Å². The van der Waals surface area contributed by atoms with Crippen molar-refractivity contribution in [3.8, 4) is 0 Å². The van der Waals surface area contributed by atoms with Gasteiger partial charge < -0.3 is 10.5 Å². The highest BCUT2D eigenvalue weighted by Crippen LogP contribution is 1.94. The molecule has 0 aromatic heterocycles. The highest BCUT2D eigenvalue weighted by atomic mass is 16.5. The van der Waals surface area contributed by atoms with Crippen LogP contribution in [0.15, 0.2) is 12.7 Å². The van der Waals surface area contributed by atoms with Gasteiger partial charge in [-0.15, -0.1) is 6.58 Å². The average molecular weight is 129 g/mol. The molecule has 3 nitrogen and oxygen atoms in total. The van der Waals surface area contributed by atoms with Crippen molar-refractivity contribution in [3.05, 3.63) is 12.7 Å². The third-order valence-electron chi connectivity index (χ3n) is 0.983. The van der Waals surface area contributed by atoms with Gasteiger partial charge in [0.2, 0.25) is 5.91 Å². The number of hydrogen-bond acceptors (Lipinski definition) is 2. The van der Waals surface area contributed by atoms with Crippen molar-refractivity contribution in [2.45, 2.75) is 12.5 Å². The maximum atomic E-state index is 10.4. The lowest BCUT2D eigenvalue weighted by Crippen LogP contribution is -2.29. The smallest absolute Gasteiger partial charge is 0.246 e. The molecule has 0 rings (SSSR count). The molecule has 0 aliphatic rings. The third-order valence-corrected chi connectivity index (χ3v) is 0.983. The zero-order valence-corrected chi connectivity index (χ0v) is 5.46. The number of nitrogens with two attached hydrogens (primary N) is 1. The molecule has 1 amide bonds. The molecule has 0 aliphatic heterocycles. The fraction of sp³-hybridized carbons (Fsp3) is 0.500. The second-order valence-electron chi connectivity index (χ2n) is 1.65. The van der Waals surface area contributed by atoms with Gasteiger partial charge in [0, 0.05) is 13.5 Å². The van der Waals surface area contributed by atoms with Crippen molar-refractivity contribution in [3.63, 3.8) is 0 Å². The van der Waals surface area contributed by atoms with Crippen LogP contribution in [0.25, 0.3) is 0 Å². The molecule has 0 fully saturated rings. The summed E-state index contributed by atoms with van der Waals surface area (Å²) in [6.45, 7) is 3.44. The van der Waals surface area contributed by atoms with E-state index in [0.29, 0.717) is 6.42 Å². The van der Waals surface area contributed by atoms with Gasteiger partial charge in [-0.05, 0) is 0 Å². The summed E-state index contributed by atoms with van der Waals surface area (Å²) in [6, 6.07) is 0. The van der Waals surface area contributed by atoms with Gasteiger partial charge >= 0.3 is 0 Å². The topological polar surface area (TPSA) is 52.3 Å². The minimum absolute atomic E-state index is 0.447. The molecular formula is C6H11NO2. The molecule has 0 aromatic carbocycles. The predicted octanol–water partition coefficient (Wildman–Crippen LogP) is 0.0628. The minimum atomic E-state index is -0.512. The van der Waals surface area contributed by atoms with Gasteiger partial charge in [0.15, 0.2) is 0 Å². The van der Waals surface area contributed by atoms with Crippen molar-refractivity contribution < 1.29 is 9.53 Å². The maximum Gasteiger partial charge on any atom is 0.246 e.